The van der Waals surface area contributed by atoms with Crippen molar-refractivity contribution in [3.8, 4) is 0 Å². The third kappa shape index (κ3) is 3.17. The molecule has 0 aromatic carbocycles. The summed E-state index contributed by atoms with van der Waals surface area (Å²) >= 11 is 3.26. The van der Waals surface area contributed by atoms with Crippen LogP contribution in [0.25, 0.3) is 0 Å². The van der Waals surface area contributed by atoms with Crippen molar-refractivity contribution in [1.82, 2.24) is 4.98 Å². The van der Waals surface area contributed by atoms with Gasteiger partial charge in [-0.3, -0.25) is 9.59 Å². The number of rotatable bonds is 3. The van der Waals surface area contributed by atoms with Gasteiger partial charge in [-0.1, -0.05) is 6.92 Å². The Hall–Kier alpha value is -1.43. The smallest absolute Gasteiger partial charge is 0.307 e. The van der Waals surface area contributed by atoms with Crippen LogP contribution in [0.3, 0.4) is 0 Å². The number of halogens is 1. The van der Waals surface area contributed by atoms with E-state index < -0.39 is 17.8 Å². The van der Waals surface area contributed by atoms with Crippen molar-refractivity contribution in [2.45, 2.75) is 26.7 Å². The molecule has 3 unspecified atom stereocenters. The second-order valence-electron chi connectivity index (χ2n) is 5.38. The monoisotopic (exact) mass is 340 g/mol. The van der Waals surface area contributed by atoms with Crippen LogP contribution in [-0.4, -0.2) is 22.0 Å². The lowest BCUT2D eigenvalue weighted by Gasteiger charge is -2.16. The normalized spacial score (nSPS) is 25.4. The molecule has 108 valence electrons. The highest BCUT2D eigenvalue weighted by atomic mass is 79.9. The average Bonchev–Trinajstić information content (AvgIpc) is 2.75. The lowest BCUT2D eigenvalue weighted by atomic mass is 9.95. The number of hydrogen-bond acceptors (Lipinski definition) is 3. The molecule has 0 saturated heterocycles. The largest absolute Gasteiger partial charge is 0.481 e. The Morgan fingerprint density at radius 2 is 2.00 bits per heavy atom. The van der Waals surface area contributed by atoms with E-state index in [1.54, 1.807) is 19.1 Å². The van der Waals surface area contributed by atoms with Crippen LogP contribution < -0.4 is 5.32 Å². The molecule has 0 bridgehead atoms. The predicted octanol–water partition coefficient (Wildman–Crippen LogP) is 2.84. The molecular weight excluding hydrogens is 324 g/mol. The third-order valence-corrected chi connectivity index (χ3v) is 4.20. The van der Waals surface area contributed by atoms with Gasteiger partial charge < -0.3 is 10.4 Å². The second kappa shape index (κ2) is 5.91. The average molecular weight is 341 g/mol. The van der Waals surface area contributed by atoms with Gasteiger partial charge in [-0.25, -0.2) is 4.98 Å². The van der Waals surface area contributed by atoms with E-state index in [9.17, 15) is 14.7 Å². The molecule has 1 heterocycles. The molecule has 20 heavy (non-hydrogen) atoms. The van der Waals surface area contributed by atoms with Crippen LogP contribution in [-0.2, 0) is 9.59 Å². The number of carbonyl (C=O) groups excluding carboxylic acids is 1. The van der Waals surface area contributed by atoms with Crippen LogP contribution in [0.2, 0.25) is 0 Å². The summed E-state index contributed by atoms with van der Waals surface area (Å²) in [5.74, 6) is -1.91. The molecule has 1 aromatic rings. The van der Waals surface area contributed by atoms with Gasteiger partial charge >= 0.3 is 5.97 Å². The van der Waals surface area contributed by atoms with E-state index in [0.29, 0.717) is 28.8 Å². The molecule has 1 fully saturated rings. The first-order chi connectivity index (χ1) is 9.38. The molecular formula is C14H17BrN2O3. The van der Waals surface area contributed by atoms with Gasteiger partial charge in [-0.2, -0.15) is 0 Å². The number of aliphatic carboxylic acids is 1. The summed E-state index contributed by atoms with van der Waals surface area (Å²) in [5.41, 5.74) is 1.33. The zero-order valence-electron chi connectivity index (χ0n) is 11.4. The van der Waals surface area contributed by atoms with Gasteiger partial charge in [0.2, 0.25) is 5.91 Å². The summed E-state index contributed by atoms with van der Waals surface area (Å²) in [7, 11) is 0. The van der Waals surface area contributed by atoms with Gasteiger partial charge in [0.1, 0.15) is 4.60 Å². The molecule has 0 spiro atoms. The van der Waals surface area contributed by atoms with Gasteiger partial charge in [0, 0.05) is 0 Å². The third-order valence-electron chi connectivity index (χ3n) is 3.76. The molecule has 1 aromatic heterocycles. The second-order valence-corrected chi connectivity index (χ2v) is 6.20. The zero-order chi connectivity index (χ0) is 14.9. The van der Waals surface area contributed by atoms with Crippen LogP contribution >= 0.6 is 15.9 Å². The number of carboxylic acids is 1. The standard InChI is InChI=1S/C14H17BrN2O3/c1-7-5-9(10(6-7)14(19)20)13(18)17-11-3-4-12(15)16-8(11)2/h3-4,7,9-10H,5-6H2,1-2H3,(H,17,18)(H,19,20). The molecule has 5 nitrogen and oxygen atoms in total. The molecule has 1 aliphatic rings. The number of nitrogens with zero attached hydrogens (tertiary/aromatic N) is 1. The molecule has 2 N–H and O–H groups in total. The number of anilines is 1. The van der Waals surface area contributed by atoms with E-state index >= 15 is 0 Å². The van der Waals surface area contributed by atoms with Crippen molar-refractivity contribution in [2.75, 3.05) is 5.32 Å². The Balaban J connectivity index is 2.13. The fourth-order valence-electron chi connectivity index (χ4n) is 2.74. The maximum absolute atomic E-state index is 12.3. The van der Waals surface area contributed by atoms with Crippen molar-refractivity contribution in [2.24, 2.45) is 17.8 Å². The number of pyridine rings is 1. The maximum Gasteiger partial charge on any atom is 0.307 e. The highest BCUT2D eigenvalue weighted by Gasteiger charge is 2.41. The van der Waals surface area contributed by atoms with E-state index in [4.69, 9.17) is 0 Å². The summed E-state index contributed by atoms with van der Waals surface area (Å²) in [4.78, 5) is 27.7. The highest BCUT2D eigenvalue weighted by molar-refractivity contribution is 9.10. The Kier molecular flexibility index (Phi) is 4.42. The Morgan fingerprint density at radius 3 is 2.60 bits per heavy atom. The molecule has 1 amide bonds. The van der Waals surface area contributed by atoms with Crippen molar-refractivity contribution in [3.05, 3.63) is 22.4 Å². The van der Waals surface area contributed by atoms with Crippen LogP contribution in [0.4, 0.5) is 5.69 Å². The van der Waals surface area contributed by atoms with Crippen LogP contribution in [0.15, 0.2) is 16.7 Å². The summed E-state index contributed by atoms with van der Waals surface area (Å²) in [6, 6.07) is 3.51. The van der Waals surface area contributed by atoms with Crippen LogP contribution in [0.5, 0.6) is 0 Å². The molecule has 1 aliphatic carbocycles. The first-order valence-electron chi connectivity index (χ1n) is 6.55. The van der Waals surface area contributed by atoms with Gasteiger partial charge in [-0.05, 0) is 53.7 Å². The summed E-state index contributed by atoms with van der Waals surface area (Å²) in [5, 5.41) is 12.0. The molecule has 1 saturated carbocycles. The predicted molar refractivity (Wildman–Crippen MR) is 78.3 cm³/mol. The van der Waals surface area contributed by atoms with Gasteiger partial charge in [0.15, 0.2) is 0 Å². The minimum absolute atomic E-state index is 0.228. The van der Waals surface area contributed by atoms with Crippen molar-refractivity contribution in [1.29, 1.82) is 0 Å². The topological polar surface area (TPSA) is 79.3 Å². The van der Waals surface area contributed by atoms with Crippen molar-refractivity contribution < 1.29 is 14.7 Å². The maximum atomic E-state index is 12.3. The Morgan fingerprint density at radius 1 is 1.35 bits per heavy atom. The molecule has 0 aliphatic heterocycles. The van der Waals surface area contributed by atoms with Crippen LogP contribution in [0.1, 0.15) is 25.5 Å². The van der Waals surface area contributed by atoms with Crippen molar-refractivity contribution >= 4 is 33.5 Å². The number of carbonyl (C=O) groups is 2. The summed E-state index contributed by atoms with van der Waals surface area (Å²) in [6.45, 7) is 3.78. The summed E-state index contributed by atoms with van der Waals surface area (Å²) in [6.07, 6.45) is 1.18. The van der Waals surface area contributed by atoms with E-state index in [1.165, 1.54) is 0 Å². The Labute approximate surface area is 125 Å². The number of aromatic nitrogens is 1. The lowest BCUT2D eigenvalue weighted by Crippen LogP contribution is -2.30. The van der Waals surface area contributed by atoms with Gasteiger partial charge in [-0.15, -0.1) is 0 Å². The fraction of sp³-hybridized carbons (Fsp3) is 0.500. The molecule has 0 radical (unpaired) electrons. The van der Waals surface area contributed by atoms with E-state index in [2.05, 4.69) is 26.2 Å². The molecule has 6 heteroatoms. The number of amides is 1. The first-order valence-corrected chi connectivity index (χ1v) is 7.34. The van der Waals surface area contributed by atoms with Crippen molar-refractivity contribution in [3.63, 3.8) is 0 Å². The zero-order valence-corrected chi connectivity index (χ0v) is 13.0. The number of carboxylic acid groups (broad SMARTS) is 1. The minimum atomic E-state index is -0.889. The lowest BCUT2D eigenvalue weighted by molar-refractivity contribution is -0.145. The van der Waals surface area contributed by atoms with E-state index in [0.717, 1.165) is 0 Å². The SMILES string of the molecule is Cc1nc(Br)ccc1NC(=O)C1CC(C)CC1C(=O)O. The van der Waals surface area contributed by atoms with Crippen LogP contribution in [0, 0.1) is 24.7 Å². The fourth-order valence-corrected chi connectivity index (χ4v) is 3.14. The summed E-state index contributed by atoms with van der Waals surface area (Å²) < 4.78 is 0.700. The highest BCUT2D eigenvalue weighted by Crippen LogP contribution is 2.37. The minimum Gasteiger partial charge on any atom is -0.481 e. The molecule has 2 rings (SSSR count). The quantitative estimate of drug-likeness (QED) is 0.829. The van der Waals surface area contributed by atoms with Gasteiger partial charge in [0.25, 0.3) is 0 Å². The van der Waals surface area contributed by atoms with E-state index in [-0.39, 0.29) is 11.8 Å². The number of nitrogens with one attached hydrogen (secondary N) is 1. The van der Waals surface area contributed by atoms with E-state index in [1.807, 2.05) is 6.92 Å². The molecule has 3 atom stereocenters. The number of hydrogen-bond donors (Lipinski definition) is 2. The van der Waals surface area contributed by atoms with Gasteiger partial charge in [0.05, 0.1) is 23.2 Å². The first kappa shape index (κ1) is 15.0. The number of aryl methyl sites for hydroxylation is 1. The Bertz CT molecular complexity index is 547.